The van der Waals surface area contributed by atoms with Crippen LogP contribution in [-0.4, -0.2) is 18.6 Å². The standard InChI is InChI=1S/C14H17BrN2OS/c1-9(2)7-16-14-17-8-13(19-14)10-4-5-12(18-3)11(15)6-10/h4-6,8-9H,7H2,1-3H3,(H,16,17). The lowest BCUT2D eigenvalue weighted by atomic mass is 10.2. The molecule has 0 aliphatic heterocycles. The molecule has 1 N–H and O–H groups in total. The van der Waals surface area contributed by atoms with Gasteiger partial charge in [-0.15, -0.1) is 0 Å². The number of hydrogen-bond donors (Lipinski definition) is 1. The highest BCUT2D eigenvalue weighted by atomic mass is 79.9. The second-order valence-corrected chi connectivity index (χ2v) is 6.54. The third-order valence-corrected chi connectivity index (χ3v) is 4.23. The van der Waals surface area contributed by atoms with Crippen molar-refractivity contribution in [3.05, 3.63) is 28.9 Å². The lowest BCUT2D eigenvalue weighted by Gasteiger charge is -2.05. The Bertz CT molecular complexity index is 554. The number of aromatic nitrogens is 1. The summed E-state index contributed by atoms with van der Waals surface area (Å²) in [7, 11) is 1.67. The molecule has 1 aromatic heterocycles. The van der Waals surface area contributed by atoms with E-state index in [1.165, 1.54) is 0 Å². The fourth-order valence-corrected chi connectivity index (χ4v) is 2.96. The molecule has 3 nitrogen and oxygen atoms in total. The van der Waals surface area contributed by atoms with E-state index in [9.17, 15) is 0 Å². The van der Waals surface area contributed by atoms with Gasteiger partial charge in [-0.2, -0.15) is 0 Å². The third kappa shape index (κ3) is 3.70. The fraction of sp³-hybridized carbons (Fsp3) is 0.357. The lowest BCUT2D eigenvalue weighted by Crippen LogP contribution is -2.07. The number of methoxy groups -OCH3 is 1. The van der Waals surface area contributed by atoms with Crippen LogP contribution < -0.4 is 10.1 Å². The summed E-state index contributed by atoms with van der Waals surface area (Å²) in [6, 6.07) is 6.06. The smallest absolute Gasteiger partial charge is 0.183 e. The SMILES string of the molecule is COc1ccc(-c2cnc(NCC(C)C)s2)cc1Br. The van der Waals surface area contributed by atoms with Crippen molar-refractivity contribution in [2.75, 3.05) is 19.0 Å². The molecule has 0 fully saturated rings. The van der Waals surface area contributed by atoms with Gasteiger partial charge in [0, 0.05) is 12.7 Å². The predicted octanol–water partition coefficient (Wildman–Crippen LogP) is 4.65. The first-order valence-corrected chi connectivity index (χ1v) is 7.74. The molecule has 1 aromatic carbocycles. The molecule has 0 atom stereocenters. The average molecular weight is 341 g/mol. The number of benzene rings is 1. The Kier molecular flexibility index (Phi) is 4.82. The van der Waals surface area contributed by atoms with Crippen molar-refractivity contribution in [1.29, 1.82) is 0 Å². The van der Waals surface area contributed by atoms with Crippen molar-refractivity contribution in [2.24, 2.45) is 5.92 Å². The highest BCUT2D eigenvalue weighted by Gasteiger charge is 2.07. The Labute approximate surface area is 126 Å². The quantitative estimate of drug-likeness (QED) is 0.860. The number of nitrogens with one attached hydrogen (secondary N) is 1. The van der Waals surface area contributed by atoms with Gasteiger partial charge in [0.05, 0.1) is 16.5 Å². The molecule has 0 bridgehead atoms. The maximum Gasteiger partial charge on any atom is 0.183 e. The van der Waals surface area contributed by atoms with E-state index >= 15 is 0 Å². The molecule has 0 saturated carbocycles. The van der Waals surface area contributed by atoms with Crippen molar-refractivity contribution >= 4 is 32.4 Å². The van der Waals surface area contributed by atoms with Crippen LogP contribution in [0.25, 0.3) is 10.4 Å². The van der Waals surface area contributed by atoms with Gasteiger partial charge < -0.3 is 10.1 Å². The van der Waals surface area contributed by atoms with Crippen molar-refractivity contribution in [3.8, 4) is 16.2 Å². The topological polar surface area (TPSA) is 34.1 Å². The van der Waals surface area contributed by atoms with Crippen LogP contribution in [0.2, 0.25) is 0 Å². The van der Waals surface area contributed by atoms with Crippen LogP contribution in [0, 0.1) is 5.92 Å². The van der Waals surface area contributed by atoms with Crippen LogP contribution >= 0.6 is 27.3 Å². The van der Waals surface area contributed by atoms with Crippen LogP contribution in [-0.2, 0) is 0 Å². The Morgan fingerprint density at radius 3 is 2.84 bits per heavy atom. The molecule has 2 aromatic rings. The van der Waals surface area contributed by atoms with Crippen LogP contribution in [0.5, 0.6) is 5.75 Å². The van der Waals surface area contributed by atoms with E-state index in [2.05, 4.69) is 46.1 Å². The third-order valence-electron chi connectivity index (χ3n) is 2.60. The first kappa shape index (κ1) is 14.3. The minimum absolute atomic E-state index is 0.613. The van der Waals surface area contributed by atoms with E-state index in [0.29, 0.717) is 5.92 Å². The summed E-state index contributed by atoms with van der Waals surface area (Å²) in [5.41, 5.74) is 1.14. The van der Waals surface area contributed by atoms with Crippen LogP contribution in [0.3, 0.4) is 0 Å². The summed E-state index contributed by atoms with van der Waals surface area (Å²) in [4.78, 5) is 5.55. The molecule has 0 aliphatic carbocycles. The molecule has 102 valence electrons. The summed E-state index contributed by atoms with van der Waals surface area (Å²) in [6.07, 6.45) is 1.90. The Balaban J connectivity index is 2.16. The number of hydrogen-bond acceptors (Lipinski definition) is 4. The van der Waals surface area contributed by atoms with Gasteiger partial charge in [0.15, 0.2) is 5.13 Å². The van der Waals surface area contributed by atoms with Crippen molar-refractivity contribution < 1.29 is 4.74 Å². The van der Waals surface area contributed by atoms with Gasteiger partial charge in [-0.25, -0.2) is 4.98 Å². The highest BCUT2D eigenvalue weighted by molar-refractivity contribution is 9.10. The molecule has 1 heterocycles. The van der Waals surface area contributed by atoms with Crippen LogP contribution in [0.15, 0.2) is 28.9 Å². The van der Waals surface area contributed by atoms with Gasteiger partial charge in [-0.3, -0.25) is 0 Å². The molecule has 0 amide bonds. The number of ether oxygens (including phenoxy) is 1. The molecule has 0 radical (unpaired) electrons. The second kappa shape index (κ2) is 6.39. The van der Waals surface area contributed by atoms with E-state index in [-0.39, 0.29) is 0 Å². The normalized spacial score (nSPS) is 10.8. The minimum Gasteiger partial charge on any atom is -0.496 e. The zero-order valence-corrected chi connectivity index (χ0v) is 13.6. The molecular weight excluding hydrogens is 324 g/mol. The Morgan fingerprint density at radius 1 is 1.42 bits per heavy atom. The number of nitrogens with zero attached hydrogens (tertiary/aromatic N) is 1. The Morgan fingerprint density at radius 2 is 2.21 bits per heavy atom. The van der Waals surface area contributed by atoms with Gasteiger partial charge >= 0.3 is 0 Å². The van der Waals surface area contributed by atoms with E-state index in [1.54, 1.807) is 18.4 Å². The van der Waals surface area contributed by atoms with Crippen molar-refractivity contribution in [2.45, 2.75) is 13.8 Å². The first-order valence-electron chi connectivity index (χ1n) is 6.13. The van der Waals surface area contributed by atoms with Gasteiger partial charge in [0.2, 0.25) is 0 Å². The van der Waals surface area contributed by atoms with E-state index in [4.69, 9.17) is 4.74 Å². The molecule has 0 saturated heterocycles. The van der Waals surface area contributed by atoms with Gasteiger partial charge in [0.25, 0.3) is 0 Å². The summed E-state index contributed by atoms with van der Waals surface area (Å²) < 4.78 is 6.19. The average Bonchev–Trinajstić information content (AvgIpc) is 2.85. The van der Waals surface area contributed by atoms with E-state index in [0.717, 1.165) is 32.3 Å². The molecule has 0 spiro atoms. The summed E-state index contributed by atoms with van der Waals surface area (Å²) in [6.45, 7) is 5.31. The summed E-state index contributed by atoms with van der Waals surface area (Å²) in [5.74, 6) is 1.45. The lowest BCUT2D eigenvalue weighted by molar-refractivity contribution is 0.412. The van der Waals surface area contributed by atoms with Gasteiger partial charge in [-0.1, -0.05) is 25.2 Å². The number of halogens is 1. The summed E-state index contributed by atoms with van der Waals surface area (Å²) >= 11 is 5.17. The molecular formula is C14H17BrN2OS. The zero-order valence-electron chi connectivity index (χ0n) is 11.2. The maximum absolute atomic E-state index is 5.23. The predicted molar refractivity (Wildman–Crippen MR) is 85.1 cm³/mol. The van der Waals surface area contributed by atoms with Crippen molar-refractivity contribution in [3.63, 3.8) is 0 Å². The Hall–Kier alpha value is -1.07. The van der Waals surface area contributed by atoms with Gasteiger partial charge in [-0.05, 0) is 45.6 Å². The van der Waals surface area contributed by atoms with Crippen molar-refractivity contribution in [1.82, 2.24) is 4.98 Å². The molecule has 5 heteroatoms. The minimum atomic E-state index is 0.613. The fourth-order valence-electron chi connectivity index (χ4n) is 1.60. The summed E-state index contributed by atoms with van der Waals surface area (Å²) in [5, 5.41) is 4.31. The number of rotatable bonds is 5. The molecule has 2 rings (SSSR count). The zero-order chi connectivity index (χ0) is 13.8. The van der Waals surface area contributed by atoms with Crippen LogP contribution in [0.4, 0.5) is 5.13 Å². The molecule has 19 heavy (non-hydrogen) atoms. The molecule has 0 aliphatic rings. The monoisotopic (exact) mass is 340 g/mol. The first-order chi connectivity index (χ1) is 9.10. The maximum atomic E-state index is 5.23. The number of anilines is 1. The van der Waals surface area contributed by atoms with E-state index < -0.39 is 0 Å². The van der Waals surface area contributed by atoms with Crippen LogP contribution in [0.1, 0.15) is 13.8 Å². The molecule has 0 unspecified atom stereocenters. The van der Waals surface area contributed by atoms with Gasteiger partial charge in [0.1, 0.15) is 5.75 Å². The van der Waals surface area contributed by atoms with E-state index in [1.807, 2.05) is 18.3 Å². The largest absolute Gasteiger partial charge is 0.496 e. The number of thiazole rings is 1. The highest BCUT2D eigenvalue weighted by Crippen LogP contribution is 2.34. The second-order valence-electron chi connectivity index (χ2n) is 4.65.